The first kappa shape index (κ1) is 19.8. The van der Waals surface area contributed by atoms with Crippen LogP contribution >= 0.6 is 11.6 Å². The minimum atomic E-state index is 0.0715. The number of amides is 2. The highest BCUT2D eigenvalue weighted by Gasteiger charge is 2.27. The second-order valence-corrected chi connectivity index (χ2v) is 8.48. The number of nitrogens with zero attached hydrogens (tertiary/aromatic N) is 4. The van der Waals surface area contributed by atoms with E-state index in [0.29, 0.717) is 30.1 Å². The van der Waals surface area contributed by atoms with Crippen molar-refractivity contribution in [3.05, 3.63) is 70.7 Å². The Morgan fingerprint density at radius 3 is 2.52 bits per heavy atom. The minimum Gasteiger partial charge on any atom is -0.339 e. The van der Waals surface area contributed by atoms with Gasteiger partial charge in [0.25, 0.3) is 5.91 Å². The Hall–Kier alpha value is -3.12. The van der Waals surface area contributed by atoms with Crippen molar-refractivity contribution >= 4 is 29.2 Å². The Balaban J connectivity index is 1.37. The molecule has 0 N–H and O–H groups in total. The smallest absolute Gasteiger partial charge is 0.253 e. The number of hydrogen-bond acceptors (Lipinski definition) is 3. The Morgan fingerprint density at radius 1 is 1.00 bits per heavy atom. The van der Waals surface area contributed by atoms with E-state index in [4.69, 9.17) is 11.6 Å². The summed E-state index contributed by atoms with van der Waals surface area (Å²) in [7, 11) is 0. The molecule has 1 saturated heterocycles. The number of benzene rings is 2. The Labute approximate surface area is 186 Å². The monoisotopic (exact) mass is 434 g/mol. The predicted molar refractivity (Wildman–Crippen MR) is 120 cm³/mol. The van der Waals surface area contributed by atoms with Gasteiger partial charge in [-0.1, -0.05) is 35.9 Å². The first-order valence-electron chi connectivity index (χ1n) is 10.6. The largest absolute Gasteiger partial charge is 0.339 e. The number of hydrogen-bond donors (Lipinski definition) is 0. The molecule has 1 aromatic heterocycles. The van der Waals surface area contributed by atoms with Gasteiger partial charge in [-0.25, -0.2) is 4.68 Å². The highest BCUT2D eigenvalue weighted by Crippen LogP contribution is 2.30. The van der Waals surface area contributed by atoms with Gasteiger partial charge in [0.1, 0.15) is 5.82 Å². The van der Waals surface area contributed by atoms with Crippen LogP contribution in [0.5, 0.6) is 0 Å². The van der Waals surface area contributed by atoms with Crippen LogP contribution in [-0.2, 0) is 17.9 Å². The van der Waals surface area contributed by atoms with Gasteiger partial charge in [-0.2, -0.15) is 5.10 Å². The first-order chi connectivity index (χ1) is 15.1. The Kier molecular flexibility index (Phi) is 5.24. The van der Waals surface area contributed by atoms with Crippen molar-refractivity contribution in [2.75, 3.05) is 18.0 Å². The fourth-order valence-electron chi connectivity index (χ4n) is 4.25. The number of rotatable bonds is 4. The Morgan fingerprint density at radius 2 is 1.77 bits per heavy atom. The zero-order chi connectivity index (χ0) is 21.4. The number of halogens is 1. The third-order valence-electron chi connectivity index (χ3n) is 5.93. The van der Waals surface area contributed by atoms with Crippen LogP contribution in [0.1, 0.15) is 35.2 Å². The van der Waals surface area contributed by atoms with Gasteiger partial charge in [0.05, 0.1) is 18.8 Å². The van der Waals surface area contributed by atoms with Gasteiger partial charge in [-0.15, -0.1) is 0 Å². The number of aromatic nitrogens is 2. The molecule has 2 amide bonds. The van der Waals surface area contributed by atoms with Crippen LogP contribution in [0, 0.1) is 0 Å². The number of anilines is 1. The molecule has 2 aliphatic rings. The molecule has 1 fully saturated rings. The maximum absolute atomic E-state index is 12.7. The lowest BCUT2D eigenvalue weighted by Gasteiger charge is -2.27. The van der Waals surface area contributed by atoms with Crippen molar-refractivity contribution in [2.45, 2.75) is 32.4 Å². The molecule has 0 saturated carbocycles. The average molecular weight is 435 g/mol. The standard InChI is InChI=1S/C24H23ClN4O2/c25-20-5-3-4-19(14-20)21-15-22-28(23(30)10-13-29(22)26-21)16-17-6-8-18(9-7-17)24(31)27-11-1-2-12-27/h3-9,14-15H,1-2,10-13,16H2. The van der Waals surface area contributed by atoms with Gasteiger partial charge in [0, 0.05) is 41.7 Å². The molecule has 0 aliphatic carbocycles. The van der Waals surface area contributed by atoms with Crippen molar-refractivity contribution in [3.8, 4) is 11.3 Å². The normalized spacial score (nSPS) is 16.0. The lowest BCUT2D eigenvalue weighted by atomic mass is 10.1. The summed E-state index contributed by atoms with van der Waals surface area (Å²) in [4.78, 5) is 28.9. The van der Waals surface area contributed by atoms with Crippen LogP contribution in [-0.4, -0.2) is 39.6 Å². The fraction of sp³-hybridized carbons (Fsp3) is 0.292. The second-order valence-electron chi connectivity index (χ2n) is 8.05. The molecule has 0 bridgehead atoms. The van der Waals surface area contributed by atoms with Crippen LogP contribution in [0.2, 0.25) is 5.02 Å². The molecule has 7 heteroatoms. The molecule has 158 valence electrons. The molecule has 31 heavy (non-hydrogen) atoms. The summed E-state index contributed by atoms with van der Waals surface area (Å²) in [6.07, 6.45) is 2.56. The number of carbonyl (C=O) groups excluding carboxylic acids is 2. The van der Waals surface area contributed by atoms with E-state index in [-0.39, 0.29) is 11.8 Å². The maximum Gasteiger partial charge on any atom is 0.253 e. The van der Waals surface area contributed by atoms with Crippen LogP contribution < -0.4 is 4.90 Å². The number of aryl methyl sites for hydroxylation is 1. The molecule has 3 heterocycles. The van der Waals surface area contributed by atoms with Gasteiger partial charge in [0.15, 0.2) is 0 Å². The maximum atomic E-state index is 12.7. The predicted octanol–water partition coefficient (Wildman–Crippen LogP) is 4.38. The SMILES string of the molecule is O=C(c1ccc(CN2C(=O)CCn3nc(-c4cccc(Cl)c4)cc32)cc1)N1CCCC1. The summed E-state index contributed by atoms with van der Waals surface area (Å²) in [5.41, 5.74) is 3.39. The van der Waals surface area contributed by atoms with E-state index < -0.39 is 0 Å². The molecule has 3 aromatic rings. The summed E-state index contributed by atoms with van der Waals surface area (Å²) in [6, 6.07) is 17.1. The van der Waals surface area contributed by atoms with Crippen molar-refractivity contribution in [3.63, 3.8) is 0 Å². The summed E-state index contributed by atoms with van der Waals surface area (Å²) in [5.74, 6) is 0.938. The van der Waals surface area contributed by atoms with E-state index >= 15 is 0 Å². The van der Waals surface area contributed by atoms with Crippen LogP contribution in [0.15, 0.2) is 54.6 Å². The highest BCUT2D eigenvalue weighted by atomic mass is 35.5. The van der Waals surface area contributed by atoms with Gasteiger partial charge in [0.2, 0.25) is 5.91 Å². The molecule has 0 spiro atoms. The average Bonchev–Trinajstić information content (AvgIpc) is 3.46. The van der Waals surface area contributed by atoms with Crippen LogP contribution in [0.4, 0.5) is 5.82 Å². The third-order valence-corrected chi connectivity index (χ3v) is 6.16. The zero-order valence-electron chi connectivity index (χ0n) is 17.1. The highest BCUT2D eigenvalue weighted by molar-refractivity contribution is 6.30. The van der Waals surface area contributed by atoms with Gasteiger partial charge < -0.3 is 4.90 Å². The molecular weight excluding hydrogens is 412 g/mol. The first-order valence-corrected chi connectivity index (χ1v) is 11.0. The van der Waals surface area contributed by atoms with E-state index in [1.54, 1.807) is 4.90 Å². The lowest BCUT2D eigenvalue weighted by Crippen LogP contribution is -2.36. The van der Waals surface area contributed by atoms with Crippen molar-refractivity contribution in [1.29, 1.82) is 0 Å². The molecule has 0 radical (unpaired) electrons. The number of likely N-dealkylation sites (tertiary alicyclic amines) is 1. The topological polar surface area (TPSA) is 58.4 Å². The quantitative estimate of drug-likeness (QED) is 0.612. The van der Waals surface area contributed by atoms with Crippen molar-refractivity contribution in [1.82, 2.24) is 14.7 Å². The molecule has 5 rings (SSSR count). The molecule has 6 nitrogen and oxygen atoms in total. The fourth-order valence-corrected chi connectivity index (χ4v) is 4.44. The van der Waals surface area contributed by atoms with Crippen molar-refractivity contribution < 1.29 is 9.59 Å². The lowest BCUT2D eigenvalue weighted by molar-refractivity contribution is -0.119. The van der Waals surface area contributed by atoms with E-state index in [9.17, 15) is 9.59 Å². The third kappa shape index (κ3) is 3.95. The molecular formula is C24H23ClN4O2. The van der Waals surface area contributed by atoms with Gasteiger partial charge >= 0.3 is 0 Å². The Bertz CT molecular complexity index is 1130. The van der Waals surface area contributed by atoms with E-state index in [1.165, 1.54) is 0 Å². The van der Waals surface area contributed by atoms with E-state index in [0.717, 1.165) is 48.6 Å². The van der Waals surface area contributed by atoms with Gasteiger partial charge in [-0.3, -0.25) is 14.5 Å². The summed E-state index contributed by atoms with van der Waals surface area (Å²) >= 11 is 6.13. The van der Waals surface area contributed by atoms with E-state index in [2.05, 4.69) is 5.10 Å². The van der Waals surface area contributed by atoms with Crippen molar-refractivity contribution in [2.24, 2.45) is 0 Å². The number of fused-ring (bicyclic) bond motifs is 1. The molecule has 2 aliphatic heterocycles. The minimum absolute atomic E-state index is 0.0715. The van der Waals surface area contributed by atoms with E-state index in [1.807, 2.05) is 64.2 Å². The summed E-state index contributed by atoms with van der Waals surface area (Å²) in [5, 5.41) is 5.34. The van der Waals surface area contributed by atoms with Crippen LogP contribution in [0.25, 0.3) is 11.3 Å². The second kappa shape index (κ2) is 8.19. The molecule has 2 aromatic carbocycles. The zero-order valence-corrected chi connectivity index (χ0v) is 17.9. The van der Waals surface area contributed by atoms with Gasteiger partial charge in [-0.05, 0) is 42.7 Å². The summed E-state index contributed by atoms with van der Waals surface area (Å²) in [6.45, 7) is 2.68. The summed E-state index contributed by atoms with van der Waals surface area (Å²) < 4.78 is 1.88. The number of carbonyl (C=O) groups is 2. The van der Waals surface area contributed by atoms with Crippen LogP contribution in [0.3, 0.4) is 0 Å². The molecule has 0 unspecified atom stereocenters. The molecule has 0 atom stereocenters.